The van der Waals surface area contributed by atoms with Crippen LogP contribution < -0.4 is 0 Å². The van der Waals surface area contributed by atoms with Gasteiger partial charge in [0, 0.05) is 31.0 Å². The number of likely N-dealkylation sites (tertiary alicyclic amines) is 1. The minimum atomic E-state index is 0.305. The highest BCUT2D eigenvalue weighted by Gasteiger charge is 2.24. The maximum absolute atomic E-state index is 9.01. The summed E-state index contributed by atoms with van der Waals surface area (Å²) in [5.74, 6) is 0. The van der Waals surface area contributed by atoms with Gasteiger partial charge in [-0.2, -0.15) is 5.10 Å². The number of benzene rings is 1. The first-order chi connectivity index (χ1) is 10.8. The molecule has 1 aliphatic rings. The van der Waals surface area contributed by atoms with Crippen molar-refractivity contribution in [2.45, 2.75) is 44.8 Å². The molecule has 0 aliphatic carbocycles. The van der Waals surface area contributed by atoms with Crippen LogP contribution in [0.3, 0.4) is 0 Å². The highest BCUT2D eigenvalue weighted by atomic mass is 16.2. The predicted octanol–water partition coefficient (Wildman–Crippen LogP) is 2.67. The van der Waals surface area contributed by atoms with Crippen molar-refractivity contribution in [1.29, 1.82) is 0 Å². The van der Waals surface area contributed by atoms with Crippen molar-refractivity contribution in [2.75, 3.05) is 13.2 Å². The van der Waals surface area contributed by atoms with Crippen LogP contribution in [0.4, 0.5) is 0 Å². The summed E-state index contributed by atoms with van der Waals surface area (Å²) in [5, 5.41) is 13.5. The molecular formula is C18H25N3O. The molecule has 118 valence electrons. The van der Waals surface area contributed by atoms with E-state index < -0.39 is 0 Å². The summed E-state index contributed by atoms with van der Waals surface area (Å²) in [6, 6.07) is 11.1. The van der Waals surface area contributed by atoms with E-state index in [-0.39, 0.29) is 0 Å². The summed E-state index contributed by atoms with van der Waals surface area (Å²) in [4.78, 5) is 2.54. The Bertz CT molecular complexity index is 567. The van der Waals surface area contributed by atoms with Gasteiger partial charge in [0.25, 0.3) is 0 Å². The largest absolute Gasteiger partial charge is 0.396 e. The lowest BCUT2D eigenvalue weighted by Crippen LogP contribution is -2.28. The summed E-state index contributed by atoms with van der Waals surface area (Å²) in [7, 11) is 0. The van der Waals surface area contributed by atoms with E-state index in [0.717, 1.165) is 25.9 Å². The first kappa shape index (κ1) is 15.3. The van der Waals surface area contributed by atoms with E-state index in [0.29, 0.717) is 12.6 Å². The lowest BCUT2D eigenvalue weighted by atomic mass is 10.1. The fraction of sp³-hybridized carbons (Fsp3) is 0.500. The van der Waals surface area contributed by atoms with Crippen LogP contribution in [-0.2, 0) is 13.1 Å². The molecule has 1 atom stereocenters. The molecule has 0 bridgehead atoms. The molecule has 0 radical (unpaired) electrons. The Morgan fingerprint density at radius 3 is 2.82 bits per heavy atom. The van der Waals surface area contributed by atoms with Crippen LogP contribution in [0.5, 0.6) is 0 Å². The van der Waals surface area contributed by atoms with Crippen molar-refractivity contribution < 1.29 is 5.11 Å². The minimum Gasteiger partial charge on any atom is -0.396 e. The van der Waals surface area contributed by atoms with Crippen molar-refractivity contribution in [3.63, 3.8) is 0 Å². The van der Waals surface area contributed by atoms with Gasteiger partial charge in [-0.25, -0.2) is 0 Å². The second-order valence-electron chi connectivity index (χ2n) is 6.16. The summed E-state index contributed by atoms with van der Waals surface area (Å²) in [5.41, 5.74) is 2.56. The van der Waals surface area contributed by atoms with E-state index in [1.165, 1.54) is 30.5 Å². The topological polar surface area (TPSA) is 41.3 Å². The molecule has 1 aromatic heterocycles. The summed E-state index contributed by atoms with van der Waals surface area (Å²) in [6.07, 6.45) is 8.70. The number of nitrogens with zero attached hydrogens (tertiary/aromatic N) is 3. The minimum absolute atomic E-state index is 0.305. The van der Waals surface area contributed by atoms with Gasteiger partial charge >= 0.3 is 0 Å². The van der Waals surface area contributed by atoms with Gasteiger partial charge in [-0.05, 0) is 37.8 Å². The van der Waals surface area contributed by atoms with E-state index in [1.54, 1.807) is 0 Å². The standard InChI is InChI=1S/C18H25N3O/c22-11-5-9-18-8-4-10-20(18)13-17-12-19-21(15-17)14-16-6-2-1-3-7-16/h1-3,6-7,12,15,18,22H,4-5,8-11,13-14H2. The number of aliphatic hydroxyl groups excluding tert-OH is 1. The molecule has 1 saturated heterocycles. The first-order valence-corrected chi connectivity index (χ1v) is 8.25. The molecule has 2 heterocycles. The molecule has 0 saturated carbocycles. The molecule has 4 heteroatoms. The zero-order valence-corrected chi connectivity index (χ0v) is 13.1. The van der Waals surface area contributed by atoms with Gasteiger partial charge < -0.3 is 5.11 Å². The Kier molecular flexibility index (Phi) is 5.24. The maximum atomic E-state index is 9.01. The van der Waals surface area contributed by atoms with Gasteiger partial charge in [0.1, 0.15) is 0 Å². The Labute approximate surface area is 132 Å². The molecule has 1 N–H and O–H groups in total. The monoisotopic (exact) mass is 299 g/mol. The second kappa shape index (κ2) is 7.56. The van der Waals surface area contributed by atoms with E-state index in [2.05, 4.69) is 40.5 Å². The molecule has 1 aromatic carbocycles. The highest BCUT2D eigenvalue weighted by Crippen LogP contribution is 2.23. The van der Waals surface area contributed by atoms with E-state index >= 15 is 0 Å². The SMILES string of the molecule is OCCCC1CCCN1Cc1cnn(Cc2ccccc2)c1. The Morgan fingerprint density at radius 1 is 1.14 bits per heavy atom. The van der Waals surface area contributed by atoms with Crippen molar-refractivity contribution >= 4 is 0 Å². The lowest BCUT2D eigenvalue weighted by Gasteiger charge is -2.23. The van der Waals surface area contributed by atoms with Gasteiger partial charge in [0.2, 0.25) is 0 Å². The number of rotatable bonds is 7. The molecule has 1 fully saturated rings. The van der Waals surface area contributed by atoms with Crippen molar-refractivity contribution in [3.05, 3.63) is 53.9 Å². The number of aromatic nitrogens is 2. The van der Waals surface area contributed by atoms with E-state index in [9.17, 15) is 0 Å². The number of hydrogen-bond acceptors (Lipinski definition) is 3. The van der Waals surface area contributed by atoms with Crippen LogP contribution in [0.2, 0.25) is 0 Å². The van der Waals surface area contributed by atoms with Crippen molar-refractivity contribution in [3.8, 4) is 0 Å². The van der Waals surface area contributed by atoms with E-state index in [1.807, 2.05) is 16.9 Å². The molecule has 1 aliphatic heterocycles. The van der Waals surface area contributed by atoms with Gasteiger partial charge in [0.05, 0.1) is 12.7 Å². The fourth-order valence-corrected chi connectivity index (χ4v) is 3.34. The number of aliphatic hydroxyl groups is 1. The smallest absolute Gasteiger partial charge is 0.0659 e. The molecule has 2 aromatic rings. The number of hydrogen-bond donors (Lipinski definition) is 1. The normalized spacial score (nSPS) is 18.9. The highest BCUT2D eigenvalue weighted by molar-refractivity contribution is 5.15. The molecule has 22 heavy (non-hydrogen) atoms. The van der Waals surface area contributed by atoms with Crippen LogP contribution >= 0.6 is 0 Å². The molecule has 3 rings (SSSR count). The lowest BCUT2D eigenvalue weighted by molar-refractivity contribution is 0.210. The zero-order chi connectivity index (χ0) is 15.2. The third kappa shape index (κ3) is 3.96. The predicted molar refractivity (Wildman–Crippen MR) is 87.5 cm³/mol. The van der Waals surface area contributed by atoms with Crippen molar-refractivity contribution in [2.24, 2.45) is 0 Å². The Balaban J connectivity index is 1.57. The summed E-state index contributed by atoms with van der Waals surface area (Å²) < 4.78 is 2.02. The third-order valence-corrected chi connectivity index (χ3v) is 4.45. The van der Waals surface area contributed by atoms with Gasteiger partial charge in [-0.3, -0.25) is 9.58 Å². The Hall–Kier alpha value is -1.65. The molecule has 0 amide bonds. The van der Waals surface area contributed by atoms with Gasteiger partial charge in [-0.1, -0.05) is 30.3 Å². The van der Waals surface area contributed by atoms with Crippen LogP contribution in [0.15, 0.2) is 42.7 Å². The zero-order valence-electron chi connectivity index (χ0n) is 13.1. The molecule has 0 spiro atoms. The van der Waals surface area contributed by atoms with Crippen LogP contribution in [0.1, 0.15) is 36.8 Å². The van der Waals surface area contributed by atoms with Crippen LogP contribution in [0, 0.1) is 0 Å². The Morgan fingerprint density at radius 2 is 2.00 bits per heavy atom. The molecule has 1 unspecified atom stereocenters. The average Bonchev–Trinajstić information content (AvgIpc) is 3.16. The van der Waals surface area contributed by atoms with Gasteiger partial charge in [0.15, 0.2) is 0 Å². The summed E-state index contributed by atoms with van der Waals surface area (Å²) in [6.45, 7) is 3.28. The van der Waals surface area contributed by atoms with Crippen LogP contribution in [0.25, 0.3) is 0 Å². The molecule has 4 nitrogen and oxygen atoms in total. The third-order valence-electron chi connectivity index (χ3n) is 4.45. The molecular weight excluding hydrogens is 274 g/mol. The first-order valence-electron chi connectivity index (χ1n) is 8.25. The summed E-state index contributed by atoms with van der Waals surface area (Å²) >= 11 is 0. The second-order valence-corrected chi connectivity index (χ2v) is 6.16. The average molecular weight is 299 g/mol. The van der Waals surface area contributed by atoms with E-state index in [4.69, 9.17) is 5.11 Å². The quantitative estimate of drug-likeness (QED) is 0.854. The van der Waals surface area contributed by atoms with Crippen LogP contribution in [-0.4, -0.2) is 39.0 Å². The fourth-order valence-electron chi connectivity index (χ4n) is 3.34. The van der Waals surface area contributed by atoms with Gasteiger partial charge in [-0.15, -0.1) is 0 Å². The van der Waals surface area contributed by atoms with Crippen molar-refractivity contribution in [1.82, 2.24) is 14.7 Å². The maximum Gasteiger partial charge on any atom is 0.0659 e.